The summed E-state index contributed by atoms with van der Waals surface area (Å²) in [6.07, 6.45) is 2.96. The van der Waals surface area contributed by atoms with Crippen molar-refractivity contribution in [3.63, 3.8) is 0 Å². The van der Waals surface area contributed by atoms with Gasteiger partial charge in [-0.2, -0.15) is 0 Å². The highest BCUT2D eigenvalue weighted by atomic mass is 16.6. The minimum Gasteiger partial charge on any atom is -0.379 e. The molecule has 0 aliphatic carbocycles. The number of hydrogen-bond acceptors (Lipinski definition) is 7. The molecule has 168 valence electrons. The summed E-state index contributed by atoms with van der Waals surface area (Å²) in [5.74, 6) is 0.179. The molecule has 1 aliphatic rings. The molecule has 0 aromatic rings. The largest absolute Gasteiger partial charge is 0.379 e. The lowest BCUT2D eigenvalue weighted by Gasteiger charge is -2.19. The molecule has 29 heavy (non-hydrogen) atoms. The van der Waals surface area contributed by atoms with Gasteiger partial charge >= 0.3 is 0 Å². The molecule has 0 spiro atoms. The summed E-state index contributed by atoms with van der Waals surface area (Å²) in [6.45, 7) is 9.15. The van der Waals surface area contributed by atoms with Gasteiger partial charge in [-0.15, -0.1) is 0 Å². The van der Waals surface area contributed by atoms with Crippen LogP contribution < -0.4 is 5.32 Å². The third-order valence-electron chi connectivity index (χ3n) is 4.12. The van der Waals surface area contributed by atoms with Crippen LogP contribution in [0.15, 0.2) is 12.2 Å². The molecule has 0 fully saturated rings. The molecule has 0 radical (unpaired) electrons. The molecule has 1 aliphatic heterocycles. The van der Waals surface area contributed by atoms with Crippen molar-refractivity contribution in [2.45, 2.75) is 32.9 Å². The predicted octanol–water partition coefficient (Wildman–Crippen LogP) is 0.322. The van der Waals surface area contributed by atoms with E-state index >= 15 is 0 Å². The van der Waals surface area contributed by atoms with E-state index in [9.17, 15) is 14.7 Å². The number of carbonyl (C=O) groups is 2. The van der Waals surface area contributed by atoms with Crippen LogP contribution in [0.5, 0.6) is 0 Å². The Morgan fingerprint density at radius 2 is 1.59 bits per heavy atom. The number of nitrogens with one attached hydrogen (secondary N) is 1. The van der Waals surface area contributed by atoms with E-state index in [1.807, 2.05) is 0 Å². The van der Waals surface area contributed by atoms with E-state index in [1.165, 1.54) is 17.1 Å². The zero-order valence-corrected chi connectivity index (χ0v) is 17.6. The van der Waals surface area contributed by atoms with E-state index in [0.29, 0.717) is 58.7 Å². The van der Waals surface area contributed by atoms with Crippen LogP contribution in [0.2, 0.25) is 0 Å². The number of aliphatic hydroxyl groups is 1. The van der Waals surface area contributed by atoms with E-state index in [1.54, 1.807) is 0 Å². The molecule has 0 aromatic carbocycles. The van der Waals surface area contributed by atoms with E-state index in [2.05, 4.69) is 19.2 Å². The summed E-state index contributed by atoms with van der Waals surface area (Å²) in [7, 11) is 0. The van der Waals surface area contributed by atoms with E-state index in [0.717, 1.165) is 13.0 Å². The number of hydrogen-bond donors (Lipinski definition) is 2. The summed E-state index contributed by atoms with van der Waals surface area (Å²) in [5, 5.41) is 12.2. The molecule has 1 atom stereocenters. The van der Waals surface area contributed by atoms with Crippen LogP contribution in [0.4, 0.5) is 0 Å². The van der Waals surface area contributed by atoms with Crippen molar-refractivity contribution >= 4 is 11.8 Å². The molecule has 2 amide bonds. The van der Waals surface area contributed by atoms with Crippen LogP contribution in [0.1, 0.15) is 26.7 Å². The SMILES string of the molecule is CC(C)CCOCCOCCOCCOCCNC(=O)CCN1C(=O)C=CC1O. The van der Waals surface area contributed by atoms with Crippen molar-refractivity contribution < 1.29 is 33.6 Å². The first-order valence-corrected chi connectivity index (χ1v) is 10.2. The van der Waals surface area contributed by atoms with Gasteiger partial charge in [-0.3, -0.25) is 9.59 Å². The second-order valence-electron chi connectivity index (χ2n) is 7.04. The van der Waals surface area contributed by atoms with Gasteiger partial charge in [0.25, 0.3) is 0 Å². The first kappa shape index (κ1) is 25.5. The van der Waals surface area contributed by atoms with E-state index in [4.69, 9.17) is 18.9 Å². The smallest absolute Gasteiger partial charge is 0.248 e. The minimum absolute atomic E-state index is 0.135. The summed E-state index contributed by atoms with van der Waals surface area (Å²) in [5.41, 5.74) is 0. The standard InChI is InChI=1S/C20H36N2O7/c1-17(2)6-9-26-11-13-28-15-16-29-14-12-27-10-7-21-18(23)5-8-22-19(24)3-4-20(22)25/h3-4,17,19,24H,5-16H2,1-2H3,(H,21,23). The van der Waals surface area contributed by atoms with Crippen molar-refractivity contribution in [2.24, 2.45) is 5.92 Å². The number of rotatable bonds is 18. The maximum Gasteiger partial charge on any atom is 0.248 e. The number of amides is 2. The zero-order valence-electron chi connectivity index (χ0n) is 17.6. The predicted molar refractivity (Wildman–Crippen MR) is 107 cm³/mol. The van der Waals surface area contributed by atoms with Crippen LogP contribution in [0, 0.1) is 5.92 Å². The van der Waals surface area contributed by atoms with Gasteiger partial charge in [0.05, 0.1) is 46.2 Å². The van der Waals surface area contributed by atoms with Gasteiger partial charge in [0.2, 0.25) is 11.8 Å². The average Bonchev–Trinajstić information content (AvgIpc) is 3.00. The van der Waals surface area contributed by atoms with Crippen LogP contribution in [-0.2, 0) is 28.5 Å². The van der Waals surface area contributed by atoms with Gasteiger partial charge in [-0.1, -0.05) is 13.8 Å². The summed E-state index contributed by atoms with van der Waals surface area (Å²) >= 11 is 0. The summed E-state index contributed by atoms with van der Waals surface area (Å²) in [4.78, 5) is 24.4. The fourth-order valence-electron chi connectivity index (χ4n) is 2.39. The maximum absolute atomic E-state index is 11.7. The maximum atomic E-state index is 11.7. The fourth-order valence-corrected chi connectivity index (χ4v) is 2.39. The molecular formula is C20H36N2O7. The lowest BCUT2D eigenvalue weighted by molar-refractivity contribution is -0.131. The number of carbonyl (C=O) groups excluding carboxylic acids is 2. The molecule has 0 bridgehead atoms. The zero-order chi connectivity index (χ0) is 21.3. The average molecular weight is 417 g/mol. The molecule has 0 saturated heterocycles. The van der Waals surface area contributed by atoms with Gasteiger partial charge in [0.1, 0.15) is 6.23 Å². The highest BCUT2D eigenvalue weighted by Crippen LogP contribution is 2.08. The number of ether oxygens (including phenoxy) is 4. The Morgan fingerprint density at radius 1 is 1.03 bits per heavy atom. The van der Waals surface area contributed by atoms with Crippen molar-refractivity contribution in [3.05, 3.63) is 12.2 Å². The van der Waals surface area contributed by atoms with E-state index in [-0.39, 0.29) is 24.8 Å². The Bertz CT molecular complexity index is 485. The molecule has 2 N–H and O–H groups in total. The first-order chi connectivity index (χ1) is 14.0. The lowest BCUT2D eigenvalue weighted by Crippen LogP contribution is -2.37. The van der Waals surface area contributed by atoms with Crippen molar-refractivity contribution in [2.75, 3.05) is 65.9 Å². The topological polar surface area (TPSA) is 107 Å². The van der Waals surface area contributed by atoms with Crippen molar-refractivity contribution in [1.29, 1.82) is 0 Å². The first-order valence-electron chi connectivity index (χ1n) is 10.2. The monoisotopic (exact) mass is 416 g/mol. The van der Waals surface area contributed by atoms with Gasteiger partial charge in [-0.05, 0) is 18.4 Å². The third kappa shape index (κ3) is 13.3. The Labute approximate surface area is 173 Å². The van der Waals surface area contributed by atoms with Crippen LogP contribution >= 0.6 is 0 Å². The highest BCUT2D eigenvalue weighted by molar-refractivity contribution is 5.90. The Balaban J connectivity index is 1.78. The normalized spacial score (nSPS) is 16.2. The Morgan fingerprint density at radius 3 is 2.10 bits per heavy atom. The minimum atomic E-state index is -0.938. The second kappa shape index (κ2) is 16.3. The molecule has 1 rings (SSSR count). The number of nitrogens with zero attached hydrogens (tertiary/aromatic N) is 1. The molecule has 1 heterocycles. The van der Waals surface area contributed by atoms with Crippen LogP contribution in [0.3, 0.4) is 0 Å². The van der Waals surface area contributed by atoms with Gasteiger partial charge in [0, 0.05) is 32.2 Å². The lowest BCUT2D eigenvalue weighted by atomic mass is 10.1. The Hall–Kier alpha value is -1.52. The quantitative estimate of drug-likeness (QED) is 0.310. The highest BCUT2D eigenvalue weighted by Gasteiger charge is 2.23. The summed E-state index contributed by atoms with van der Waals surface area (Å²) in [6, 6.07) is 0. The summed E-state index contributed by atoms with van der Waals surface area (Å²) < 4.78 is 21.6. The molecule has 0 saturated carbocycles. The van der Waals surface area contributed by atoms with Gasteiger partial charge in [-0.25, -0.2) is 0 Å². The van der Waals surface area contributed by atoms with E-state index < -0.39 is 6.23 Å². The second-order valence-corrected chi connectivity index (χ2v) is 7.04. The molecule has 9 nitrogen and oxygen atoms in total. The molecule has 0 aromatic heterocycles. The Kier molecular flexibility index (Phi) is 14.3. The van der Waals surface area contributed by atoms with Gasteiger partial charge < -0.3 is 34.3 Å². The van der Waals surface area contributed by atoms with Crippen molar-refractivity contribution in [1.82, 2.24) is 10.2 Å². The fraction of sp³-hybridized carbons (Fsp3) is 0.800. The van der Waals surface area contributed by atoms with Crippen LogP contribution in [0.25, 0.3) is 0 Å². The third-order valence-corrected chi connectivity index (χ3v) is 4.12. The molecule has 1 unspecified atom stereocenters. The molecule has 9 heteroatoms. The van der Waals surface area contributed by atoms with Crippen LogP contribution in [-0.4, -0.2) is 94.0 Å². The molecular weight excluding hydrogens is 380 g/mol. The van der Waals surface area contributed by atoms with Gasteiger partial charge in [0.15, 0.2) is 0 Å². The van der Waals surface area contributed by atoms with Crippen molar-refractivity contribution in [3.8, 4) is 0 Å². The number of aliphatic hydroxyl groups excluding tert-OH is 1.